The van der Waals surface area contributed by atoms with Crippen LogP contribution < -0.4 is 10.2 Å². The lowest BCUT2D eigenvalue weighted by atomic mass is 10.2. The van der Waals surface area contributed by atoms with Crippen LogP contribution in [0, 0.1) is 11.6 Å². The number of carbonyl (C=O) groups excluding carboxylic acids is 1. The van der Waals surface area contributed by atoms with Crippen LogP contribution in [0.15, 0.2) is 24.3 Å². The molecule has 1 N–H and O–H groups in total. The highest BCUT2D eigenvalue weighted by Crippen LogP contribution is 2.24. The molecule has 0 bridgehead atoms. The van der Waals surface area contributed by atoms with Gasteiger partial charge in [-0.05, 0) is 43.0 Å². The van der Waals surface area contributed by atoms with Gasteiger partial charge in [0.25, 0.3) is 0 Å². The number of benzene rings is 1. The van der Waals surface area contributed by atoms with E-state index in [0.29, 0.717) is 26.2 Å². The van der Waals surface area contributed by atoms with Crippen molar-refractivity contribution in [1.29, 1.82) is 0 Å². The van der Waals surface area contributed by atoms with Crippen LogP contribution >= 0.6 is 0 Å². The summed E-state index contributed by atoms with van der Waals surface area (Å²) >= 11 is 0. The number of amides is 2. The molecule has 136 valence electrons. The topological polar surface area (TPSA) is 61.4 Å². The van der Waals surface area contributed by atoms with Crippen LogP contribution in [0.25, 0.3) is 0 Å². The van der Waals surface area contributed by atoms with Gasteiger partial charge in [-0.1, -0.05) is 6.07 Å². The standard InChI is InChI=1S/C18H19F2N5O/c19-13-4-2-5-14(20)17(13)21-18(26)25-9-7-24(8-10-25)16-11-12-3-1-6-15(12)22-23-16/h2,4-5,11H,1,3,6-10H2,(H,21,26). The number of para-hydroxylation sites is 1. The molecule has 0 saturated carbocycles. The molecule has 1 fully saturated rings. The molecule has 0 atom stereocenters. The van der Waals surface area contributed by atoms with Gasteiger partial charge in [-0.25, -0.2) is 13.6 Å². The van der Waals surface area contributed by atoms with Gasteiger partial charge in [0.2, 0.25) is 0 Å². The van der Waals surface area contributed by atoms with Gasteiger partial charge >= 0.3 is 6.03 Å². The normalized spacial score (nSPS) is 16.5. The van der Waals surface area contributed by atoms with Crippen LogP contribution in [-0.4, -0.2) is 47.3 Å². The zero-order valence-corrected chi connectivity index (χ0v) is 14.2. The summed E-state index contributed by atoms with van der Waals surface area (Å²) in [7, 11) is 0. The first kappa shape index (κ1) is 16.7. The number of hydrogen-bond acceptors (Lipinski definition) is 4. The number of carbonyl (C=O) groups is 1. The number of piperazine rings is 1. The molecular formula is C18H19F2N5O. The Labute approximate surface area is 149 Å². The molecule has 26 heavy (non-hydrogen) atoms. The largest absolute Gasteiger partial charge is 0.352 e. The van der Waals surface area contributed by atoms with E-state index in [0.717, 1.165) is 42.9 Å². The summed E-state index contributed by atoms with van der Waals surface area (Å²) in [5.74, 6) is -0.748. The van der Waals surface area contributed by atoms with Crippen molar-refractivity contribution in [3.05, 3.63) is 47.2 Å². The second-order valence-electron chi connectivity index (χ2n) is 6.53. The summed E-state index contributed by atoms with van der Waals surface area (Å²) < 4.78 is 27.3. The Hall–Kier alpha value is -2.77. The molecule has 0 unspecified atom stereocenters. The third-order valence-electron chi connectivity index (χ3n) is 4.89. The molecule has 2 aromatic rings. The summed E-state index contributed by atoms with van der Waals surface area (Å²) in [6.07, 6.45) is 3.14. The molecule has 0 spiro atoms. The molecule has 2 aliphatic rings. The predicted octanol–water partition coefficient (Wildman–Crippen LogP) is 2.60. The fourth-order valence-electron chi connectivity index (χ4n) is 3.41. The Bertz CT molecular complexity index is 816. The maximum Gasteiger partial charge on any atom is 0.322 e. The number of aryl methyl sites for hydroxylation is 2. The monoisotopic (exact) mass is 359 g/mol. The number of fused-ring (bicyclic) bond motifs is 1. The van der Waals surface area contributed by atoms with E-state index < -0.39 is 23.4 Å². The van der Waals surface area contributed by atoms with E-state index in [4.69, 9.17) is 0 Å². The SMILES string of the molecule is O=C(Nc1c(F)cccc1F)N1CCN(c2cc3c(nn2)CCC3)CC1. The Morgan fingerprint density at radius 2 is 1.77 bits per heavy atom. The average Bonchev–Trinajstić information content (AvgIpc) is 3.12. The molecule has 1 aromatic carbocycles. The van der Waals surface area contributed by atoms with Crippen molar-refractivity contribution in [1.82, 2.24) is 15.1 Å². The molecule has 0 radical (unpaired) electrons. The van der Waals surface area contributed by atoms with Crippen molar-refractivity contribution >= 4 is 17.5 Å². The molecule has 2 amide bonds. The molecule has 1 aliphatic carbocycles. The fraction of sp³-hybridized carbons (Fsp3) is 0.389. The number of nitrogens with one attached hydrogen (secondary N) is 1. The summed E-state index contributed by atoms with van der Waals surface area (Å²) in [6.45, 7) is 2.09. The summed E-state index contributed by atoms with van der Waals surface area (Å²) in [5, 5.41) is 10.9. The van der Waals surface area contributed by atoms with Crippen molar-refractivity contribution in [2.75, 3.05) is 36.4 Å². The maximum absolute atomic E-state index is 13.7. The van der Waals surface area contributed by atoms with Gasteiger partial charge in [-0.3, -0.25) is 0 Å². The molecular weight excluding hydrogens is 340 g/mol. The van der Waals surface area contributed by atoms with Crippen molar-refractivity contribution in [3.63, 3.8) is 0 Å². The Morgan fingerprint density at radius 1 is 1.04 bits per heavy atom. The Balaban J connectivity index is 1.38. The summed E-state index contributed by atoms with van der Waals surface area (Å²) in [5.41, 5.74) is 1.92. The lowest BCUT2D eigenvalue weighted by Crippen LogP contribution is -2.50. The highest BCUT2D eigenvalue weighted by Gasteiger charge is 2.24. The van der Waals surface area contributed by atoms with Crippen LogP contribution in [0.2, 0.25) is 0 Å². The molecule has 1 aliphatic heterocycles. The minimum atomic E-state index is -0.787. The average molecular weight is 359 g/mol. The Morgan fingerprint density at radius 3 is 2.50 bits per heavy atom. The van der Waals surface area contributed by atoms with Crippen molar-refractivity contribution in [2.24, 2.45) is 0 Å². The van der Waals surface area contributed by atoms with Gasteiger partial charge in [-0.2, -0.15) is 5.10 Å². The number of halogens is 2. The van der Waals surface area contributed by atoms with Crippen molar-refractivity contribution in [3.8, 4) is 0 Å². The lowest BCUT2D eigenvalue weighted by molar-refractivity contribution is 0.207. The van der Waals surface area contributed by atoms with Crippen LogP contribution in [0.4, 0.5) is 25.1 Å². The van der Waals surface area contributed by atoms with E-state index in [2.05, 4.69) is 26.5 Å². The fourth-order valence-corrected chi connectivity index (χ4v) is 3.41. The third-order valence-corrected chi connectivity index (χ3v) is 4.89. The number of rotatable bonds is 2. The summed E-state index contributed by atoms with van der Waals surface area (Å²) in [6, 6.07) is 5.07. The molecule has 4 rings (SSSR count). The predicted molar refractivity (Wildman–Crippen MR) is 93.2 cm³/mol. The van der Waals surface area contributed by atoms with E-state index in [1.165, 1.54) is 11.6 Å². The van der Waals surface area contributed by atoms with Crippen LogP contribution in [0.3, 0.4) is 0 Å². The summed E-state index contributed by atoms with van der Waals surface area (Å²) in [4.78, 5) is 15.9. The number of anilines is 2. The zero-order valence-electron chi connectivity index (χ0n) is 14.2. The first-order valence-corrected chi connectivity index (χ1v) is 8.72. The number of hydrogen-bond donors (Lipinski definition) is 1. The molecule has 1 saturated heterocycles. The van der Waals surface area contributed by atoms with Gasteiger partial charge in [0.05, 0.1) is 5.69 Å². The highest BCUT2D eigenvalue weighted by molar-refractivity contribution is 5.89. The van der Waals surface area contributed by atoms with Gasteiger partial charge in [0, 0.05) is 26.2 Å². The zero-order chi connectivity index (χ0) is 18.1. The van der Waals surface area contributed by atoms with Crippen molar-refractivity contribution in [2.45, 2.75) is 19.3 Å². The highest BCUT2D eigenvalue weighted by atomic mass is 19.1. The van der Waals surface area contributed by atoms with Crippen LogP contribution in [-0.2, 0) is 12.8 Å². The molecule has 2 heterocycles. The smallest absolute Gasteiger partial charge is 0.322 e. The number of aromatic nitrogens is 2. The second-order valence-corrected chi connectivity index (χ2v) is 6.53. The van der Waals surface area contributed by atoms with Gasteiger partial charge in [0.1, 0.15) is 17.3 Å². The van der Waals surface area contributed by atoms with Crippen LogP contribution in [0.5, 0.6) is 0 Å². The van der Waals surface area contributed by atoms with Crippen LogP contribution in [0.1, 0.15) is 17.7 Å². The molecule has 6 nitrogen and oxygen atoms in total. The van der Waals surface area contributed by atoms with Crippen molar-refractivity contribution < 1.29 is 13.6 Å². The Kier molecular flexibility index (Phi) is 4.40. The minimum Gasteiger partial charge on any atom is -0.352 e. The lowest BCUT2D eigenvalue weighted by Gasteiger charge is -2.35. The van der Waals surface area contributed by atoms with E-state index in [1.54, 1.807) is 4.90 Å². The minimum absolute atomic E-state index is 0.413. The first-order valence-electron chi connectivity index (χ1n) is 8.72. The quantitative estimate of drug-likeness (QED) is 0.895. The first-order chi connectivity index (χ1) is 12.6. The van der Waals surface area contributed by atoms with Gasteiger partial charge < -0.3 is 15.1 Å². The van der Waals surface area contributed by atoms with Gasteiger partial charge in [-0.15, -0.1) is 5.10 Å². The number of nitrogens with zero attached hydrogens (tertiary/aromatic N) is 4. The number of urea groups is 1. The van der Waals surface area contributed by atoms with Gasteiger partial charge in [0.15, 0.2) is 5.82 Å². The second kappa shape index (κ2) is 6.86. The molecule has 1 aromatic heterocycles. The van der Waals surface area contributed by atoms with E-state index in [1.807, 2.05) is 0 Å². The third kappa shape index (κ3) is 3.18. The molecule has 8 heteroatoms. The van der Waals surface area contributed by atoms with E-state index in [9.17, 15) is 13.6 Å². The maximum atomic E-state index is 13.7. The van der Waals surface area contributed by atoms with E-state index >= 15 is 0 Å². The van der Waals surface area contributed by atoms with E-state index in [-0.39, 0.29) is 0 Å².